The van der Waals surface area contributed by atoms with Gasteiger partial charge in [-0.2, -0.15) is 4.31 Å². The maximum atomic E-state index is 13.3. The largest absolute Gasteiger partial charge is 0.472 e. The van der Waals surface area contributed by atoms with Crippen LogP contribution in [-0.2, 0) is 21.4 Å². The smallest absolute Gasteiger partial charge is 0.243 e. The van der Waals surface area contributed by atoms with Crippen molar-refractivity contribution in [2.45, 2.75) is 52.0 Å². The molecule has 1 N–H and O–H groups in total. The third-order valence-corrected chi connectivity index (χ3v) is 7.94. The first-order valence-corrected chi connectivity index (χ1v) is 11.0. The summed E-state index contributed by atoms with van der Waals surface area (Å²) in [6.45, 7) is 8.76. The van der Waals surface area contributed by atoms with Crippen molar-refractivity contribution in [3.05, 3.63) is 52.5 Å². The van der Waals surface area contributed by atoms with E-state index < -0.39 is 10.0 Å². The van der Waals surface area contributed by atoms with E-state index in [4.69, 9.17) is 4.42 Å². The molecule has 1 aromatic carbocycles. The first-order chi connectivity index (χ1) is 13.2. The molecule has 7 heteroatoms. The number of nitrogens with one attached hydrogen (secondary N) is 1. The Balaban J connectivity index is 1.68. The molecular formula is C21H28N2O4S. The molecule has 0 atom stereocenters. The number of carbonyl (C=O) groups is 1. The molecule has 0 unspecified atom stereocenters. The highest BCUT2D eigenvalue weighted by atomic mass is 32.2. The number of sulfonamides is 1. The highest BCUT2D eigenvalue weighted by Crippen LogP contribution is 2.31. The molecule has 152 valence electrons. The van der Waals surface area contributed by atoms with Crippen LogP contribution in [0.25, 0.3) is 0 Å². The Hall–Kier alpha value is -2.12. The number of benzene rings is 1. The van der Waals surface area contributed by atoms with Crippen molar-refractivity contribution < 1.29 is 17.6 Å². The Kier molecular flexibility index (Phi) is 5.95. The molecule has 3 rings (SSSR count). The van der Waals surface area contributed by atoms with Crippen LogP contribution in [0, 0.1) is 33.6 Å². The molecule has 0 spiro atoms. The molecular weight excluding hydrogens is 376 g/mol. The van der Waals surface area contributed by atoms with Crippen LogP contribution in [0.3, 0.4) is 0 Å². The number of hydrogen-bond donors (Lipinski definition) is 1. The number of piperidine rings is 1. The van der Waals surface area contributed by atoms with Gasteiger partial charge in [0.05, 0.1) is 17.4 Å². The lowest BCUT2D eigenvalue weighted by Gasteiger charge is -2.31. The highest BCUT2D eigenvalue weighted by molar-refractivity contribution is 7.89. The van der Waals surface area contributed by atoms with Crippen LogP contribution < -0.4 is 5.32 Å². The van der Waals surface area contributed by atoms with Gasteiger partial charge >= 0.3 is 0 Å². The lowest BCUT2D eigenvalue weighted by Crippen LogP contribution is -2.43. The van der Waals surface area contributed by atoms with Crippen LogP contribution in [-0.4, -0.2) is 31.7 Å². The lowest BCUT2D eigenvalue weighted by molar-refractivity contribution is -0.126. The summed E-state index contributed by atoms with van der Waals surface area (Å²) >= 11 is 0. The second-order valence-electron chi connectivity index (χ2n) is 7.62. The van der Waals surface area contributed by atoms with Gasteiger partial charge in [0.25, 0.3) is 0 Å². The van der Waals surface area contributed by atoms with E-state index in [1.165, 1.54) is 4.31 Å². The zero-order valence-corrected chi connectivity index (χ0v) is 17.7. The van der Waals surface area contributed by atoms with Crippen LogP contribution in [0.2, 0.25) is 0 Å². The van der Waals surface area contributed by atoms with E-state index in [0.29, 0.717) is 37.4 Å². The zero-order chi connectivity index (χ0) is 20.5. The number of carbonyl (C=O) groups excluding carboxylic acids is 1. The average molecular weight is 405 g/mol. The molecule has 1 fully saturated rings. The molecule has 0 aliphatic carbocycles. The molecule has 1 aliphatic heterocycles. The standard InChI is InChI=1S/C21H28N2O4S/c1-14-11-15(2)17(4)20(16(14)3)28(25,26)23-8-5-19(6-9-23)21(24)22-12-18-7-10-27-13-18/h7,10-11,13,19H,5-6,8-9,12H2,1-4H3,(H,22,24). The lowest BCUT2D eigenvalue weighted by atomic mass is 9.97. The monoisotopic (exact) mass is 404 g/mol. The summed E-state index contributed by atoms with van der Waals surface area (Å²) in [6, 6.07) is 3.84. The molecule has 0 radical (unpaired) electrons. The SMILES string of the molecule is Cc1cc(C)c(C)c(S(=O)(=O)N2CCC(C(=O)NCc3ccoc3)CC2)c1C. The van der Waals surface area contributed by atoms with Crippen molar-refractivity contribution in [1.82, 2.24) is 9.62 Å². The van der Waals surface area contributed by atoms with E-state index in [-0.39, 0.29) is 11.8 Å². The topological polar surface area (TPSA) is 79.6 Å². The Labute approximate surface area is 167 Å². The van der Waals surface area contributed by atoms with Crippen LogP contribution in [0.15, 0.2) is 34.0 Å². The first kappa shape index (κ1) is 20.6. The van der Waals surface area contributed by atoms with Gasteiger partial charge in [-0.3, -0.25) is 4.79 Å². The molecule has 2 aromatic rings. The minimum Gasteiger partial charge on any atom is -0.472 e. The molecule has 0 saturated carbocycles. The number of nitrogens with zero attached hydrogens (tertiary/aromatic N) is 1. The minimum atomic E-state index is -3.58. The number of amides is 1. The van der Waals surface area contributed by atoms with E-state index in [1.807, 2.05) is 39.8 Å². The number of furan rings is 1. The van der Waals surface area contributed by atoms with Crippen molar-refractivity contribution in [2.75, 3.05) is 13.1 Å². The van der Waals surface area contributed by atoms with Crippen molar-refractivity contribution in [3.8, 4) is 0 Å². The average Bonchev–Trinajstić information content (AvgIpc) is 3.18. The summed E-state index contributed by atoms with van der Waals surface area (Å²) < 4.78 is 33.1. The van der Waals surface area contributed by atoms with E-state index in [9.17, 15) is 13.2 Å². The number of hydrogen-bond acceptors (Lipinski definition) is 4. The first-order valence-electron chi connectivity index (χ1n) is 9.58. The van der Waals surface area contributed by atoms with Crippen molar-refractivity contribution in [2.24, 2.45) is 5.92 Å². The zero-order valence-electron chi connectivity index (χ0n) is 16.9. The maximum Gasteiger partial charge on any atom is 0.243 e. The van der Waals surface area contributed by atoms with Gasteiger partial charge in [0.15, 0.2) is 0 Å². The summed E-state index contributed by atoms with van der Waals surface area (Å²) in [4.78, 5) is 12.8. The van der Waals surface area contributed by atoms with Gasteiger partial charge in [-0.15, -0.1) is 0 Å². The third kappa shape index (κ3) is 4.00. The molecule has 1 aliphatic rings. The highest BCUT2D eigenvalue weighted by Gasteiger charge is 2.34. The fraction of sp³-hybridized carbons (Fsp3) is 0.476. The van der Waals surface area contributed by atoms with Gasteiger partial charge in [-0.25, -0.2) is 8.42 Å². The molecule has 1 aromatic heterocycles. The molecule has 1 amide bonds. The number of rotatable bonds is 5. The predicted molar refractivity (Wildman–Crippen MR) is 107 cm³/mol. The van der Waals surface area contributed by atoms with Crippen LogP contribution in [0.4, 0.5) is 0 Å². The second-order valence-corrected chi connectivity index (χ2v) is 9.49. The molecule has 2 heterocycles. The van der Waals surface area contributed by atoms with Crippen LogP contribution in [0.5, 0.6) is 0 Å². The summed E-state index contributed by atoms with van der Waals surface area (Å²) in [6.07, 6.45) is 4.23. The van der Waals surface area contributed by atoms with Gasteiger partial charge in [0.1, 0.15) is 0 Å². The normalized spacial score (nSPS) is 16.3. The van der Waals surface area contributed by atoms with E-state index >= 15 is 0 Å². The van der Waals surface area contributed by atoms with Crippen molar-refractivity contribution in [3.63, 3.8) is 0 Å². The number of aryl methyl sites for hydroxylation is 2. The predicted octanol–water partition coefficient (Wildman–Crippen LogP) is 3.23. The van der Waals surface area contributed by atoms with Gasteiger partial charge < -0.3 is 9.73 Å². The van der Waals surface area contributed by atoms with E-state index in [1.54, 1.807) is 12.5 Å². The summed E-state index contributed by atoms with van der Waals surface area (Å²) in [5.41, 5.74) is 4.49. The van der Waals surface area contributed by atoms with Gasteiger partial charge in [-0.1, -0.05) is 6.07 Å². The minimum absolute atomic E-state index is 0.0305. The Morgan fingerprint density at radius 3 is 2.29 bits per heavy atom. The summed E-state index contributed by atoms with van der Waals surface area (Å²) in [5.74, 6) is -0.197. The molecule has 1 saturated heterocycles. The van der Waals surface area contributed by atoms with Gasteiger partial charge in [0.2, 0.25) is 15.9 Å². The van der Waals surface area contributed by atoms with Gasteiger partial charge in [-0.05, 0) is 68.9 Å². The Bertz CT molecular complexity index is 931. The molecule has 6 nitrogen and oxygen atoms in total. The van der Waals surface area contributed by atoms with E-state index in [2.05, 4.69) is 5.32 Å². The third-order valence-electron chi connectivity index (χ3n) is 5.77. The van der Waals surface area contributed by atoms with Gasteiger partial charge in [0, 0.05) is 31.1 Å². The van der Waals surface area contributed by atoms with Crippen molar-refractivity contribution >= 4 is 15.9 Å². The van der Waals surface area contributed by atoms with Crippen molar-refractivity contribution in [1.29, 1.82) is 0 Å². The Morgan fingerprint density at radius 1 is 1.14 bits per heavy atom. The molecule has 0 bridgehead atoms. The fourth-order valence-corrected chi connectivity index (χ4v) is 5.83. The van der Waals surface area contributed by atoms with E-state index in [0.717, 1.165) is 27.8 Å². The maximum absolute atomic E-state index is 13.3. The Morgan fingerprint density at radius 2 is 1.75 bits per heavy atom. The summed E-state index contributed by atoms with van der Waals surface area (Å²) in [7, 11) is -3.58. The fourth-order valence-electron chi connectivity index (χ4n) is 3.78. The second kappa shape index (κ2) is 8.09. The summed E-state index contributed by atoms with van der Waals surface area (Å²) in [5, 5.41) is 2.91. The quantitative estimate of drug-likeness (QED) is 0.830. The van der Waals surface area contributed by atoms with Crippen LogP contribution in [0.1, 0.15) is 40.7 Å². The molecule has 28 heavy (non-hydrogen) atoms. The van der Waals surface area contributed by atoms with Crippen LogP contribution >= 0.6 is 0 Å².